The third kappa shape index (κ3) is 3.85. The smallest absolute Gasteiger partial charge is 0.262 e. The van der Waals surface area contributed by atoms with Crippen LogP contribution in [0.1, 0.15) is 36.6 Å². The Morgan fingerprint density at radius 3 is 2.09 bits per heavy atom. The standard InChI is InChI=1S/C24H18FN3O4/c25-19-11-10-15(13-18(19)21(26)29)27-22(30)20(12-14-6-2-1-3-7-14)28-23(31)16-8-4-5-9-17(16)24(28)32/h1-11,13,20H,12H2,(H2,26,29)(H,27,30). The second kappa shape index (κ2) is 8.43. The number of carbonyl (C=O) groups is 4. The lowest BCUT2D eigenvalue weighted by Crippen LogP contribution is -2.48. The van der Waals surface area contributed by atoms with Gasteiger partial charge in [0.1, 0.15) is 11.9 Å². The van der Waals surface area contributed by atoms with Gasteiger partial charge in [-0.1, -0.05) is 42.5 Å². The number of nitrogens with two attached hydrogens (primary N) is 1. The number of rotatable bonds is 6. The molecule has 0 fully saturated rings. The van der Waals surface area contributed by atoms with Gasteiger partial charge >= 0.3 is 0 Å². The number of benzene rings is 3. The summed E-state index contributed by atoms with van der Waals surface area (Å²) in [5, 5.41) is 2.57. The zero-order chi connectivity index (χ0) is 22.8. The van der Waals surface area contributed by atoms with Crippen molar-refractivity contribution in [3.63, 3.8) is 0 Å². The van der Waals surface area contributed by atoms with Crippen molar-refractivity contribution in [3.8, 4) is 0 Å². The van der Waals surface area contributed by atoms with E-state index in [0.717, 1.165) is 22.6 Å². The molecule has 32 heavy (non-hydrogen) atoms. The first-order valence-electron chi connectivity index (χ1n) is 9.78. The lowest BCUT2D eigenvalue weighted by molar-refractivity contribution is -0.119. The van der Waals surface area contributed by atoms with E-state index >= 15 is 0 Å². The molecule has 3 aromatic rings. The molecule has 0 aromatic heterocycles. The molecule has 1 heterocycles. The van der Waals surface area contributed by atoms with E-state index in [-0.39, 0.29) is 28.8 Å². The van der Waals surface area contributed by atoms with Crippen LogP contribution < -0.4 is 11.1 Å². The van der Waals surface area contributed by atoms with Gasteiger partial charge in [-0.2, -0.15) is 0 Å². The largest absolute Gasteiger partial charge is 0.366 e. The van der Waals surface area contributed by atoms with Crippen molar-refractivity contribution in [1.82, 2.24) is 4.90 Å². The monoisotopic (exact) mass is 431 g/mol. The summed E-state index contributed by atoms with van der Waals surface area (Å²) in [5.41, 5.74) is 6.08. The molecule has 1 unspecified atom stereocenters. The molecule has 1 aliphatic rings. The third-order valence-corrected chi connectivity index (χ3v) is 5.21. The van der Waals surface area contributed by atoms with Crippen LogP contribution in [-0.2, 0) is 11.2 Å². The summed E-state index contributed by atoms with van der Waals surface area (Å²) < 4.78 is 13.8. The molecule has 0 radical (unpaired) electrons. The maximum Gasteiger partial charge on any atom is 0.262 e. The van der Waals surface area contributed by atoms with Gasteiger partial charge < -0.3 is 11.1 Å². The van der Waals surface area contributed by atoms with Gasteiger partial charge in [0, 0.05) is 12.1 Å². The quantitative estimate of drug-likeness (QED) is 0.585. The summed E-state index contributed by atoms with van der Waals surface area (Å²) in [6, 6.07) is 17.5. The van der Waals surface area contributed by atoms with Gasteiger partial charge in [0.25, 0.3) is 17.7 Å². The van der Waals surface area contributed by atoms with Gasteiger partial charge in [-0.3, -0.25) is 24.1 Å². The van der Waals surface area contributed by atoms with E-state index in [2.05, 4.69) is 5.32 Å². The number of fused-ring (bicyclic) bond motifs is 1. The molecule has 8 heteroatoms. The van der Waals surface area contributed by atoms with E-state index in [4.69, 9.17) is 5.73 Å². The zero-order valence-electron chi connectivity index (χ0n) is 16.7. The highest BCUT2D eigenvalue weighted by molar-refractivity contribution is 6.23. The molecule has 3 N–H and O–H groups in total. The van der Waals surface area contributed by atoms with Gasteiger partial charge in [-0.25, -0.2) is 4.39 Å². The van der Waals surface area contributed by atoms with Crippen LogP contribution in [0.15, 0.2) is 72.8 Å². The molecule has 1 aliphatic heterocycles. The number of carbonyl (C=O) groups excluding carboxylic acids is 4. The van der Waals surface area contributed by atoms with Crippen molar-refractivity contribution in [3.05, 3.63) is 101 Å². The summed E-state index contributed by atoms with van der Waals surface area (Å²) in [6.45, 7) is 0. The molecule has 1 atom stereocenters. The average molecular weight is 431 g/mol. The summed E-state index contributed by atoms with van der Waals surface area (Å²) in [6.07, 6.45) is 0.0714. The molecule has 0 aliphatic carbocycles. The van der Waals surface area contributed by atoms with Crippen LogP contribution in [0, 0.1) is 5.82 Å². The van der Waals surface area contributed by atoms with E-state index in [9.17, 15) is 23.6 Å². The van der Waals surface area contributed by atoms with Crippen molar-refractivity contribution < 1.29 is 23.6 Å². The average Bonchev–Trinajstić information content (AvgIpc) is 3.04. The minimum atomic E-state index is -1.17. The van der Waals surface area contributed by atoms with Crippen LogP contribution in [0.25, 0.3) is 0 Å². The Balaban J connectivity index is 1.68. The van der Waals surface area contributed by atoms with E-state index in [0.29, 0.717) is 0 Å². The van der Waals surface area contributed by atoms with E-state index in [1.807, 2.05) is 6.07 Å². The van der Waals surface area contributed by atoms with Crippen LogP contribution >= 0.6 is 0 Å². The van der Waals surface area contributed by atoms with Crippen LogP contribution in [0.2, 0.25) is 0 Å². The first-order valence-corrected chi connectivity index (χ1v) is 9.78. The van der Waals surface area contributed by atoms with Crippen molar-refractivity contribution >= 4 is 29.3 Å². The second-order valence-electron chi connectivity index (χ2n) is 7.28. The molecule has 0 saturated heterocycles. The highest BCUT2D eigenvalue weighted by Gasteiger charge is 2.42. The van der Waals surface area contributed by atoms with Gasteiger partial charge in [-0.15, -0.1) is 0 Å². The van der Waals surface area contributed by atoms with Crippen LogP contribution in [0.3, 0.4) is 0 Å². The molecule has 4 amide bonds. The Morgan fingerprint density at radius 2 is 1.50 bits per heavy atom. The maximum absolute atomic E-state index is 13.8. The predicted octanol–water partition coefficient (Wildman–Crippen LogP) is 2.77. The number of halogens is 1. The SMILES string of the molecule is NC(=O)c1cc(NC(=O)C(Cc2ccccc2)N2C(=O)c3ccccc3C2=O)ccc1F. The van der Waals surface area contributed by atoms with Gasteiger partial charge in [-0.05, 0) is 35.9 Å². The van der Waals surface area contributed by atoms with Gasteiger partial charge in [0.15, 0.2) is 0 Å². The molecule has 0 bridgehead atoms. The minimum Gasteiger partial charge on any atom is -0.366 e. The van der Waals surface area contributed by atoms with E-state index < -0.39 is 35.5 Å². The summed E-state index contributed by atoms with van der Waals surface area (Å²) in [7, 11) is 0. The van der Waals surface area contributed by atoms with Crippen molar-refractivity contribution in [2.24, 2.45) is 5.73 Å². The molecular weight excluding hydrogens is 413 g/mol. The normalized spacial score (nSPS) is 13.6. The fraction of sp³-hybridized carbons (Fsp3) is 0.0833. The minimum absolute atomic E-state index is 0.0714. The summed E-state index contributed by atoms with van der Waals surface area (Å²) in [4.78, 5) is 51.6. The Bertz CT molecular complexity index is 1210. The van der Waals surface area contributed by atoms with E-state index in [1.165, 1.54) is 18.2 Å². The number of imide groups is 1. The number of hydrogen-bond donors (Lipinski definition) is 2. The Labute approximate surface area is 182 Å². The van der Waals surface area contributed by atoms with Gasteiger partial charge in [0.05, 0.1) is 16.7 Å². The lowest BCUT2D eigenvalue weighted by atomic mass is 10.0. The molecule has 7 nitrogen and oxygen atoms in total. The molecule has 0 saturated carbocycles. The Hall–Kier alpha value is -4.33. The number of anilines is 1. The van der Waals surface area contributed by atoms with Crippen LogP contribution in [0.4, 0.5) is 10.1 Å². The predicted molar refractivity (Wildman–Crippen MR) is 114 cm³/mol. The lowest BCUT2D eigenvalue weighted by Gasteiger charge is -2.25. The summed E-state index contributed by atoms with van der Waals surface area (Å²) in [5.74, 6) is -3.61. The van der Waals surface area contributed by atoms with Crippen molar-refractivity contribution in [2.45, 2.75) is 12.5 Å². The number of primary amides is 1. The summed E-state index contributed by atoms with van der Waals surface area (Å²) >= 11 is 0. The maximum atomic E-state index is 13.8. The molecule has 3 aromatic carbocycles. The fourth-order valence-electron chi connectivity index (χ4n) is 3.65. The van der Waals surface area contributed by atoms with Crippen molar-refractivity contribution in [1.29, 1.82) is 0 Å². The van der Waals surface area contributed by atoms with Crippen molar-refractivity contribution in [2.75, 3.05) is 5.32 Å². The van der Waals surface area contributed by atoms with Crippen LogP contribution in [0.5, 0.6) is 0 Å². The molecule has 0 spiro atoms. The van der Waals surface area contributed by atoms with E-state index in [1.54, 1.807) is 36.4 Å². The number of nitrogens with zero attached hydrogens (tertiary/aromatic N) is 1. The number of nitrogens with one attached hydrogen (secondary N) is 1. The first-order chi connectivity index (χ1) is 15.4. The molecule has 160 valence electrons. The topological polar surface area (TPSA) is 110 Å². The number of hydrogen-bond acceptors (Lipinski definition) is 4. The van der Waals surface area contributed by atoms with Crippen LogP contribution in [-0.4, -0.2) is 34.6 Å². The highest BCUT2D eigenvalue weighted by atomic mass is 19.1. The number of amides is 4. The Morgan fingerprint density at radius 1 is 0.906 bits per heavy atom. The first kappa shape index (κ1) is 20.9. The molecular formula is C24H18FN3O4. The fourth-order valence-corrected chi connectivity index (χ4v) is 3.65. The Kier molecular flexibility index (Phi) is 5.51. The van der Waals surface area contributed by atoms with Gasteiger partial charge in [0.2, 0.25) is 5.91 Å². The second-order valence-corrected chi connectivity index (χ2v) is 7.28. The zero-order valence-corrected chi connectivity index (χ0v) is 16.7. The molecule has 4 rings (SSSR count). The third-order valence-electron chi connectivity index (χ3n) is 5.21. The highest BCUT2D eigenvalue weighted by Crippen LogP contribution is 2.27.